The largest absolute Gasteiger partial charge is 0.444 e. The van der Waals surface area contributed by atoms with Crippen LogP contribution < -0.4 is 0 Å². The first-order chi connectivity index (χ1) is 9.84. The summed E-state index contributed by atoms with van der Waals surface area (Å²) in [6.07, 6.45) is 3.96. The predicted octanol–water partition coefficient (Wildman–Crippen LogP) is 2.97. The highest BCUT2D eigenvalue weighted by Crippen LogP contribution is 2.31. The molecule has 0 aliphatic carbocycles. The Morgan fingerprint density at radius 1 is 1.43 bits per heavy atom. The molecule has 0 saturated carbocycles. The summed E-state index contributed by atoms with van der Waals surface area (Å²) >= 11 is 0. The van der Waals surface area contributed by atoms with E-state index in [2.05, 4.69) is 6.92 Å². The van der Waals surface area contributed by atoms with Gasteiger partial charge in [-0.15, -0.1) is 0 Å². The van der Waals surface area contributed by atoms with Gasteiger partial charge in [0.1, 0.15) is 5.60 Å². The van der Waals surface area contributed by atoms with Crippen LogP contribution in [-0.2, 0) is 14.2 Å². The van der Waals surface area contributed by atoms with Crippen molar-refractivity contribution in [1.82, 2.24) is 4.90 Å². The third-order valence-electron chi connectivity index (χ3n) is 4.21. The number of ether oxygens (including phenoxy) is 3. The molecule has 2 unspecified atom stereocenters. The number of hydrogen-bond acceptors (Lipinski definition) is 4. The van der Waals surface area contributed by atoms with Gasteiger partial charge in [-0.05, 0) is 46.5 Å². The van der Waals surface area contributed by atoms with Crippen LogP contribution in [0, 0.1) is 0 Å². The normalized spacial score (nSPS) is 29.9. The van der Waals surface area contributed by atoms with Gasteiger partial charge in [0.05, 0.1) is 24.9 Å². The molecule has 2 aliphatic rings. The lowest BCUT2D eigenvalue weighted by atomic mass is 9.99. The predicted molar refractivity (Wildman–Crippen MR) is 80.4 cm³/mol. The van der Waals surface area contributed by atoms with E-state index >= 15 is 0 Å². The Hall–Kier alpha value is -0.810. The van der Waals surface area contributed by atoms with Crippen LogP contribution >= 0.6 is 0 Å². The second-order valence-electron chi connectivity index (χ2n) is 7.13. The van der Waals surface area contributed by atoms with Crippen molar-refractivity contribution in [2.24, 2.45) is 0 Å². The van der Waals surface area contributed by atoms with Gasteiger partial charge in [-0.1, -0.05) is 6.92 Å². The molecule has 122 valence electrons. The van der Waals surface area contributed by atoms with Crippen molar-refractivity contribution in [3.8, 4) is 0 Å². The molecule has 2 saturated heterocycles. The van der Waals surface area contributed by atoms with Crippen LogP contribution in [0.5, 0.6) is 0 Å². The van der Waals surface area contributed by atoms with Crippen molar-refractivity contribution in [1.29, 1.82) is 0 Å². The Kier molecular flexibility index (Phi) is 5.15. The van der Waals surface area contributed by atoms with E-state index in [-0.39, 0.29) is 17.8 Å². The lowest BCUT2D eigenvalue weighted by Gasteiger charge is -2.30. The maximum Gasteiger partial charge on any atom is 0.410 e. The summed E-state index contributed by atoms with van der Waals surface area (Å²) in [4.78, 5) is 13.9. The third-order valence-corrected chi connectivity index (χ3v) is 4.21. The zero-order valence-electron chi connectivity index (χ0n) is 13.8. The van der Waals surface area contributed by atoms with Crippen LogP contribution in [0.3, 0.4) is 0 Å². The number of hydrogen-bond donors (Lipinski definition) is 0. The van der Waals surface area contributed by atoms with Crippen LogP contribution in [0.1, 0.15) is 53.4 Å². The van der Waals surface area contributed by atoms with Gasteiger partial charge in [-0.2, -0.15) is 0 Å². The van der Waals surface area contributed by atoms with Gasteiger partial charge in [0.15, 0.2) is 0 Å². The van der Waals surface area contributed by atoms with E-state index in [4.69, 9.17) is 14.2 Å². The fraction of sp³-hybridized carbons (Fsp3) is 0.938. The minimum atomic E-state index is -0.451. The molecule has 1 amide bonds. The number of likely N-dealkylation sites (tertiary alicyclic amines) is 1. The minimum Gasteiger partial charge on any atom is -0.444 e. The van der Waals surface area contributed by atoms with E-state index in [0.29, 0.717) is 19.7 Å². The second-order valence-corrected chi connectivity index (χ2v) is 7.13. The summed E-state index contributed by atoms with van der Waals surface area (Å²) in [7, 11) is 0. The topological polar surface area (TPSA) is 48.0 Å². The van der Waals surface area contributed by atoms with Crippen LogP contribution in [0.4, 0.5) is 4.79 Å². The Bertz CT molecular complexity index is 360. The summed E-state index contributed by atoms with van der Waals surface area (Å²) in [5, 5.41) is 0. The molecular formula is C16H29NO4. The van der Waals surface area contributed by atoms with Crippen molar-refractivity contribution in [2.75, 3.05) is 26.3 Å². The Morgan fingerprint density at radius 3 is 2.76 bits per heavy atom. The Balaban J connectivity index is 1.85. The van der Waals surface area contributed by atoms with Crippen LogP contribution in [0.2, 0.25) is 0 Å². The lowest BCUT2D eigenvalue weighted by Crippen LogP contribution is -2.41. The molecule has 2 rings (SSSR count). The molecule has 2 atom stereocenters. The Labute approximate surface area is 127 Å². The SMILES string of the molecule is CCC1(OCC2CCCO2)CCN(C(=O)OC(C)(C)C)C1. The number of amides is 1. The van der Waals surface area contributed by atoms with Gasteiger partial charge >= 0.3 is 6.09 Å². The molecule has 0 N–H and O–H groups in total. The molecule has 0 bridgehead atoms. The molecule has 0 aromatic rings. The summed E-state index contributed by atoms with van der Waals surface area (Å²) in [6.45, 7) is 10.6. The lowest BCUT2D eigenvalue weighted by molar-refractivity contribution is -0.0802. The number of carbonyl (C=O) groups excluding carboxylic acids is 1. The van der Waals surface area contributed by atoms with Gasteiger partial charge in [0.25, 0.3) is 0 Å². The summed E-state index contributed by atoms with van der Waals surface area (Å²) < 4.78 is 17.2. The van der Waals surface area contributed by atoms with E-state index in [1.807, 2.05) is 20.8 Å². The van der Waals surface area contributed by atoms with Crippen molar-refractivity contribution in [3.63, 3.8) is 0 Å². The monoisotopic (exact) mass is 299 g/mol. The van der Waals surface area contributed by atoms with E-state index in [1.54, 1.807) is 4.90 Å². The number of carbonyl (C=O) groups is 1. The first kappa shape index (κ1) is 16.6. The maximum atomic E-state index is 12.1. The molecule has 5 heteroatoms. The zero-order valence-corrected chi connectivity index (χ0v) is 13.8. The summed E-state index contributed by atoms with van der Waals surface area (Å²) in [5.41, 5.74) is -0.685. The third kappa shape index (κ3) is 4.58. The molecule has 21 heavy (non-hydrogen) atoms. The number of rotatable bonds is 4. The van der Waals surface area contributed by atoms with Crippen molar-refractivity contribution in [3.05, 3.63) is 0 Å². The quantitative estimate of drug-likeness (QED) is 0.800. The van der Waals surface area contributed by atoms with Crippen molar-refractivity contribution < 1.29 is 19.0 Å². The van der Waals surface area contributed by atoms with Gasteiger partial charge in [-0.3, -0.25) is 0 Å². The van der Waals surface area contributed by atoms with Crippen LogP contribution in [-0.4, -0.2) is 54.6 Å². The van der Waals surface area contributed by atoms with Crippen molar-refractivity contribution in [2.45, 2.75) is 70.7 Å². The highest BCUT2D eigenvalue weighted by Gasteiger charge is 2.41. The number of nitrogens with zero attached hydrogens (tertiary/aromatic N) is 1. The van der Waals surface area contributed by atoms with Gasteiger partial charge < -0.3 is 19.1 Å². The van der Waals surface area contributed by atoms with Crippen LogP contribution in [0.15, 0.2) is 0 Å². The highest BCUT2D eigenvalue weighted by atomic mass is 16.6. The molecule has 2 fully saturated rings. The van der Waals surface area contributed by atoms with Crippen molar-refractivity contribution >= 4 is 6.09 Å². The smallest absolute Gasteiger partial charge is 0.410 e. The standard InChI is InChI=1S/C16H29NO4/c1-5-16(20-11-13-7-6-10-19-13)8-9-17(12-16)14(18)21-15(2,3)4/h13H,5-12H2,1-4H3. The van der Waals surface area contributed by atoms with E-state index < -0.39 is 5.60 Å². The molecule has 0 spiro atoms. The second kappa shape index (κ2) is 6.53. The summed E-state index contributed by atoms with van der Waals surface area (Å²) in [6, 6.07) is 0. The maximum absolute atomic E-state index is 12.1. The van der Waals surface area contributed by atoms with E-state index in [0.717, 1.165) is 32.3 Å². The minimum absolute atomic E-state index is 0.226. The first-order valence-electron chi connectivity index (χ1n) is 8.07. The highest BCUT2D eigenvalue weighted by molar-refractivity contribution is 5.68. The molecule has 0 aromatic carbocycles. The fourth-order valence-electron chi connectivity index (χ4n) is 2.88. The van der Waals surface area contributed by atoms with E-state index in [1.165, 1.54) is 0 Å². The molecular weight excluding hydrogens is 270 g/mol. The van der Waals surface area contributed by atoms with Gasteiger partial charge in [0, 0.05) is 13.2 Å². The molecule has 5 nitrogen and oxygen atoms in total. The zero-order chi connectivity index (χ0) is 15.5. The first-order valence-corrected chi connectivity index (χ1v) is 8.07. The van der Waals surface area contributed by atoms with Crippen LogP contribution in [0.25, 0.3) is 0 Å². The summed E-state index contributed by atoms with van der Waals surface area (Å²) in [5.74, 6) is 0. The van der Waals surface area contributed by atoms with Gasteiger partial charge in [0.2, 0.25) is 0 Å². The average Bonchev–Trinajstić information content (AvgIpc) is 3.05. The molecule has 0 radical (unpaired) electrons. The Morgan fingerprint density at radius 2 is 2.19 bits per heavy atom. The molecule has 0 aromatic heterocycles. The van der Waals surface area contributed by atoms with E-state index in [9.17, 15) is 4.79 Å². The van der Waals surface area contributed by atoms with Gasteiger partial charge in [-0.25, -0.2) is 4.79 Å². The average molecular weight is 299 g/mol. The molecule has 2 heterocycles. The fourth-order valence-corrected chi connectivity index (χ4v) is 2.88. The molecule has 2 aliphatic heterocycles.